The third-order valence-electron chi connectivity index (χ3n) is 6.22. The summed E-state index contributed by atoms with van der Waals surface area (Å²) in [5.74, 6) is -0.174. The number of rotatable bonds is 6. The number of carbonyl (C=O) groups is 2. The van der Waals surface area contributed by atoms with Crippen LogP contribution >= 0.6 is 11.3 Å². The minimum atomic E-state index is -3.61. The smallest absolute Gasteiger partial charge is 0.341 e. The van der Waals surface area contributed by atoms with Crippen LogP contribution in [-0.4, -0.2) is 44.3 Å². The molecule has 1 aromatic heterocycles. The number of anilines is 1. The molecule has 1 N–H and O–H groups in total. The van der Waals surface area contributed by atoms with Gasteiger partial charge >= 0.3 is 5.97 Å². The first-order valence-electron chi connectivity index (χ1n) is 11.4. The van der Waals surface area contributed by atoms with Gasteiger partial charge in [-0.3, -0.25) is 4.79 Å². The molecule has 7 nitrogen and oxygen atoms in total. The number of carbonyl (C=O) groups excluding carboxylic acids is 2. The van der Waals surface area contributed by atoms with E-state index in [-0.39, 0.29) is 17.4 Å². The lowest BCUT2D eigenvalue weighted by atomic mass is 9.94. The van der Waals surface area contributed by atoms with Crippen LogP contribution in [0.15, 0.2) is 29.2 Å². The first kappa shape index (κ1) is 23.9. The van der Waals surface area contributed by atoms with Crippen LogP contribution < -0.4 is 5.32 Å². The van der Waals surface area contributed by atoms with E-state index >= 15 is 0 Å². The van der Waals surface area contributed by atoms with Gasteiger partial charge in [0.05, 0.1) is 17.1 Å². The molecule has 1 saturated heterocycles. The van der Waals surface area contributed by atoms with Crippen LogP contribution in [0.1, 0.15) is 64.8 Å². The van der Waals surface area contributed by atoms with E-state index in [0.717, 1.165) is 36.1 Å². The van der Waals surface area contributed by atoms with E-state index in [9.17, 15) is 18.0 Å². The molecule has 0 spiro atoms. The van der Waals surface area contributed by atoms with Gasteiger partial charge in [0.25, 0.3) is 5.91 Å². The fourth-order valence-corrected chi connectivity index (χ4v) is 7.77. The highest BCUT2D eigenvalue weighted by atomic mass is 32.2. The van der Waals surface area contributed by atoms with Gasteiger partial charge in [0.2, 0.25) is 10.0 Å². The topological polar surface area (TPSA) is 92.8 Å². The largest absolute Gasteiger partial charge is 0.462 e. The average molecular weight is 491 g/mol. The molecule has 1 fully saturated rings. The molecule has 1 aliphatic heterocycles. The highest BCUT2D eigenvalue weighted by Crippen LogP contribution is 2.39. The molecule has 2 aliphatic rings. The van der Waals surface area contributed by atoms with Gasteiger partial charge in [-0.05, 0) is 74.3 Å². The summed E-state index contributed by atoms with van der Waals surface area (Å²) in [7, 11) is -3.61. The highest BCUT2D eigenvalue weighted by Gasteiger charge is 2.32. The highest BCUT2D eigenvalue weighted by molar-refractivity contribution is 7.89. The summed E-state index contributed by atoms with van der Waals surface area (Å²) in [4.78, 5) is 26.7. The summed E-state index contributed by atoms with van der Waals surface area (Å²) < 4.78 is 32.9. The summed E-state index contributed by atoms with van der Waals surface area (Å²) in [6, 6.07) is 6.00. The number of esters is 1. The average Bonchev–Trinajstić information content (AvgIpc) is 3.34. The number of amides is 1. The van der Waals surface area contributed by atoms with E-state index in [1.165, 1.54) is 35.6 Å². The number of piperidine rings is 1. The van der Waals surface area contributed by atoms with Gasteiger partial charge < -0.3 is 10.1 Å². The van der Waals surface area contributed by atoms with Crippen molar-refractivity contribution >= 4 is 38.2 Å². The Hall–Kier alpha value is -2.23. The van der Waals surface area contributed by atoms with Crippen molar-refractivity contribution in [3.63, 3.8) is 0 Å². The van der Waals surface area contributed by atoms with Crippen molar-refractivity contribution in [2.45, 2.75) is 51.3 Å². The van der Waals surface area contributed by atoms with Crippen LogP contribution in [0.4, 0.5) is 5.00 Å². The zero-order valence-corrected chi connectivity index (χ0v) is 20.9. The van der Waals surface area contributed by atoms with E-state index < -0.39 is 16.0 Å². The van der Waals surface area contributed by atoms with Crippen molar-refractivity contribution < 1.29 is 22.7 Å². The van der Waals surface area contributed by atoms with Crippen molar-refractivity contribution in [1.82, 2.24) is 4.31 Å². The standard InChI is InChI=1S/C24H30N2O5S2/c1-4-31-24(28)21-19-6-5-7-20(19)32-23(21)25-22(27)17-8-10-18(11-9-17)33(29,30)26-13-15(2)12-16(3)14-26/h8-11,15-16H,4-7,12-14H2,1-3H3,(H,25,27)/t15-,16+. The summed E-state index contributed by atoms with van der Waals surface area (Å²) >= 11 is 1.42. The second-order valence-electron chi connectivity index (χ2n) is 9.03. The van der Waals surface area contributed by atoms with E-state index in [1.807, 2.05) is 0 Å². The molecule has 33 heavy (non-hydrogen) atoms. The summed E-state index contributed by atoms with van der Waals surface area (Å²) in [6.07, 6.45) is 3.70. The van der Waals surface area contributed by atoms with Crippen molar-refractivity contribution in [3.05, 3.63) is 45.8 Å². The van der Waals surface area contributed by atoms with Crippen molar-refractivity contribution in [2.24, 2.45) is 11.8 Å². The minimum absolute atomic E-state index is 0.183. The van der Waals surface area contributed by atoms with Crippen molar-refractivity contribution in [3.8, 4) is 0 Å². The molecular weight excluding hydrogens is 460 g/mol. The Balaban J connectivity index is 1.52. The monoisotopic (exact) mass is 490 g/mol. The number of benzene rings is 1. The Morgan fingerprint density at radius 1 is 1.12 bits per heavy atom. The lowest BCUT2D eigenvalue weighted by molar-refractivity contribution is 0.0527. The Labute approximate surface area is 199 Å². The molecule has 178 valence electrons. The SMILES string of the molecule is CCOC(=O)c1c(NC(=O)c2ccc(S(=O)(=O)N3C[C@H](C)C[C@H](C)C3)cc2)sc2c1CCC2. The molecule has 2 heterocycles. The zero-order valence-electron chi connectivity index (χ0n) is 19.2. The Morgan fingerprint density at radius 3 is 2.42 bits per heavy atom. The third-order valence-corrected chi connectivity index (χ3v) is 9.27. The van der Waals surface area contributed by atoms with E-state index in [4.69, 9.17) is 4.74 Å². The molecule has 1 aromatic carbocycles. The van der Waals surface area contributed by atoms with Crippen LogP contribution in [0.5, 0.6) is 0 Å². The van der Waals surface area contributed by atoms with Crippen LogP contribution in [0, 0.1) is 11.8 Å². The number of thiophene rings is 1. The Morgan fingerprint density at radius 2 is 1.79 bits per heavy atom. The molecule has 2 atom stereocenters. The van der Waals surface area contributed by atoms with E-state index in [2.05, 4.69) is 19.2 Å². The lowest BCUT2D eigenvalue weighted by Gasteiger charge is -2.34. The quantitative estimate of drug-likeness (QED) is 0.609. The second kappa shape index (κ2) is 9.56. The molecule has 2 aromatic rings. The van der Waals surface area contributed by atoms with Crippen LogP contribution in [0.2, 0.25) is 0 Å². The first-order chi connectivity index (χ1) is 15.7. The minimum Gasteiger partial charge on any atom is -0.462 e. The molecular formula is C24H30N2O5S2. The number of ether oxygens (including phenoxy) is 1. The molecule has 4 rings (SSSR count). The predicted molar refractivity (Wildman–Crippen MR) is 128 cm³/mol. The maximum absolute atomic E-state index is 13.1. The summed E-state index contributed by atoms with van der Waals surface area (Å²) in [5.41, 5.74) is 1.76. The van der Waals surface area contributed by atoms with Crippen LogP contribution in [0.25, 0.3) is 0 Å². The third kappa shape index (κ3) is 4.85. The molecule has 0 saturated carbocycles. The Bertz CT molecular complexity index is 1140. The summed E-state index contributed by atoms with van der Waals surface area (Å²) in [6.45, 7) is 7.17. The van der Waals surface area contributed by atoms with Gasteiger partial charge in [0.15, 0.2) is 0 Å². The molecule has 9 heteroatoms. The molecule has 0 unspecified atom stereocenters. The van der Waals surface area contributed by atoms with Gasteiger partial charge in [-0.15, -0.1) is 11.3 Å². The molecule has 1 amide bonds. The van der Waals surface area contributed by atoms with E-state index in [1.54, 1.807) is 11.2 Å². The fourth-order valence-electron chi connectivity index (χ4n) is 4.82. The number of hydrogen-bond donors (Lipinski definition) is 1. The van der Waals surface area contributed by atoms with Gasteiger partial charge in [-0.2, -0.15) is 4.31 Å². The number of aryl methyl sites for hydroxylation is 1. The van der Waals surface area contributed by atoms with Gasteiger partial charge in [0.1, 0.15) is 5.00 Å². The summed E-state index contributed by atoms with van der Waals surface area (Å²) in [5, 5.41) is 3.34. The lowest BCUT2D eigenvalue weighted by Crippen LogP contribution is -2.42. The first-order valence-corrected chi connectivity index (χ1v) is 13.7. The van der Waals surface area contributed by atoms with Crippen molar-refractivity contribution in [2.75, 3.05) is 25.0 Å². The molecule has 0 bridgehead atoms. The fraction of sp³-hybridized carbons (Fsp3) is 0.500. The number of nitrogens with one attached hydrogen (secondary N) is 1. The van der Waals surface area contributed by atoms with Gasteiger partial charge in [-0.25, -0.2) is 13.2 Å². The maximum Gasteiger partial charge on any atom is 0.341 e. The zero-order chi connectivity index (χ0) is 23.8. The van der Waals surface area contributed by atoms with Crippen molar-refractivity contribution in [1.29, 1.82) is 0 Å². The molecule has 0 radical (unpaired) electrons. The number of fused-ring (bicyclic) bond motifs is 1. The van der Waals surface area contributed by atoms with Crippen LogP contribution in [0.3, 0.4) is 0 Å². The number of sulfonamides is 1. The number of hydrogen-bond acceptors (Lipinski definition) is 6. The predicted octanol–water partition coefficient (Wildman–Crippen LogP) is 4.33. The van der Waals surface area contributed by atoms with Gasteiger partial charge in [0, 0.05) is 23.5 Å². The Kier molecular flexibility index (Phi) is 6.93. The number of nitrogens with zero attached hydrogens (tertiary/aromatic N) is 1. The maximum atomic E-state index is 13.1. The van der Waals surface area contributed by atoms with Crippen LogP contribution in [-0.2, 0) is 27.6 Å². The normalized spacial score (nSPS) is 20.9. The molecule has 1 aliphatic carbocycles. The van der Waals surface area contributed by atoms with E-state index in [0.29, 0.717) is 41.1 Å². The second-order valence-corrected chi connectivity index (χ2v) is 12.1. The van der Waals surface area contributed by atoms with Gasteiger partial charge in [-0.1, -0.05) is 13.8 Å².